The number of amides is 2. The summed E-state index contributed by atoms with van der Waals surface area (Å²) >= 11 is 5.90. The number of nitrogens with zero attached hydrogens (tertiary/aromatic N) is 2. The van der Waals surface area contributed by atoms with Crippen LogP contribution in [0.5, 0.6) is 0 Å². The van der Waals surface area contributed by atoms with Crippen molar-refractivity contribution in [2.45, 2.75) is 38.3 Å². The standard InChI is InChI=1S/C18H23ClN2O5/c1-18(9-11-21(18)17(24)25)16(23)20(10-3-4-15(22)26-2)12-13-5-7-14(19)8-6-13/h5-8H,3-4,9-12H2,1-2H3,(H,24,25). The molecule has 0 saturated carbocycles. The molecule has 1 heterocycles. The monoisotopic (exact) mass is 382 g/mol. The Labute approximate surface area is 157 Å². The highest BCUT2D eigenvalue weighted by molar-refractivity contribution is 6.30. The molecule has 8 heteroatoms. The van der Waals surface area contributed by atoms with Crippen molar-refractivity contribution in [3.8, 4) is 0 Å². The van der Waals surface area contributed by atoms with Gasteiger partial charge in [-0.2, -0.15) is 0 Å². The van der Waals surface area contributed by atoms with Gasteiger partial charge in [0.05, 0.1) is 7.11 Å². The van der Waals surface area contributed by atoms with E-state index in [2.05, 4.69) is 4.74 Å². The Morgan fingerprint density at radius 1 is 1.31 bits per heavy atom. The Bertz CT molecular complexity index is 679. The predicted molar refractivity (Wildman–Crippen MR) is 95.9 cm³/mol. The summed E-state index contributed by atoms with van der Waals surface area (Å²) in [5.74, 6) is -0.600. The van der Waals surface area contributed by atoms with Crippen molar-refractivity contribution in [1.29, 1.82) is 0 Å². The predicted octanol–water partition coefficient (Wildman–Crippen LogP) is 2.76. The third-order valence-corrected chi connectivity index (χ3v) is 4.97. The number of rotatable bonds is 7. The number of ether oxygens (including phenoxy) is 1. The first-order valence-electron chi connectivity index (χ1n) is 8.39. The van der Waals surface area contributed by atoms with E-state index in [1.54, 1.807) is 24.0 Å². The lowest BCUT2D eigenvalue weighted by molar-refractivity contribution is -0.151. The van der Waals surface area contributed by atoms with Gasteiger partial charge in [0, 0.05) is 31.1 Å². The van der Waals surface area contributed by atoms with Crippen molar-refractivity contribution in [2.24, 2.45) is 0 Å². The number of esters is 1. The molecule has 26 heavy (non-hydrogen) atoms. The van der Waals surface area contributed by atoms with Gasteiger partial charge in [0.2, 0.25) is 5.91 Å². The van der Waals surface area contributed by atoms with Crippen molar-refractivity contribution < 1.29 is 24.2 Å². The molecule has 2 amide bonds. The highest BCUT2D eigenvalue weighted by atomic mass is 35.5. The van der Waals surface area contributed by atoms with Gasteiger partial charge in [-0.25, -0.2) is 4.79 Å². The molecule has 2 rings (SSSR count). The summed E-state index contributed by atoms with van der Waals surface area (Å²) < 4.78 is 4.63. The third kappa shape index (κ3) is 4.46. The molecule has 1 fully saturated rings. The minimum absolute atomic E-state index is 0.195. The lowest BCUT2D eigenvalue weighted by atomic mass is 9.85. The van der Waals surface area contributed by atoms with E-state index in [0.717, 1.165) is 10.5 Å². The van der Waals surface area contributed by atoms with Gasteiger partial charge in [-0.3, -0.25) is 14.5 Å². The minimum Gasteiger partial charge on any atom is -0.469 e. The number of carboxylic acid groups (broad SMARTS) is 1. The van der Waals surface area contributed by atoms with Crippen LogP contribution in [0, 0.1) is 0 Å². The number of carbonyl (C=O) groups excluding carboxylic acids is 2. The molecule has 1 unspecified atom stereocenters. The Morgan fingerprint density at radius 2 is 1.96 bits per heavy atom. The van der Waals surface area contributed by atoms with Crippen LogP contribution in [0.1, 0.15) is 31.7 Å². The molecule has 1 aromatic carbocycles. The van der Waals surface area contributed by atoms with Crippen molar-refractivity contribution in [3.63, 3.8) is 0 Å². The van der Waals surface area contributed by atoms with Crippen LogP contribution < -0.4 is 0 Å². The molecule has 1 aliphatic heterocycles. The van der Waals surface area contributed by atoms with Gasteiger partial charge in [0.25, 0.3) is 0 Å². The molecule has 7 nitrogen and oxygen atoms in total. The molecular weight excluding hydrogens is 360 g/mol. The molecule has 0 aliphatic carbocycles. The molecular formula is C18H23ClN2O5. The summed E-state index contributed by atoms with van der Waals surface area (Å²) in [6.07, 6.45) is 0.00915. The number of carbonyl (C=O) groups is 3. The quantitative estimate of drug-likeness (QED) is 0.732. The van der Waals surface area contributed by atoms with Crippen LogP contribution in [0.25, 0.3) is 0 Å². The first-order valence-corrected chi connectivity index (χ1v) is 8.77. The van der Waals surface area contributed by atoms with Crippen LogP contribution in [0.4, 0.5) is 4.79 Å². The van der Waals surface area contributed by atoms with E-state index in [1.807, 2.05) is 12.1 Å². The third-order valence-electron chi connectivity index (χ3n) is 4.72. The lowest BCUT2D eigenvalue weighted by Crippen LogP contribution is -2.67. The SMILES string of the molecule is COC(=O)CCCN(Cc1ccc(Cl)cc1)C(=O)C1(C)CCN1C(=O)O. The zero-order chi connectivity index (χ0) is 19.3. The van der Waals surface area contributed by atoms with Crippen LogP contribution in [-0.2, 0) is 20.9 Å². The number of halogens is 1. The van der Waals surface area contributed by atoms with Crippen LogP contribution in [-0.4, -0.2) is 58.6 Å². The Morgan fingerprint density at radius 3 is 2.46 bits per heavy atom. The number of hydrogen-bond acceptors (Lipinski definition) is 4. The molecule has 0 bridgehead atoms. The van der Waals surface area contributed by atoms with E-state index in [9.17, 15) is 19.5 Å². The minimum atomic E-state index is -1.10. The van der Waals surface area contributed by atoms with E-state index in [4.69, 9.17) is 11.6 Å². The molecule has 1 N–H and O–H groups in total. The smallest absolute Gasteiger partial charge is 0.408 e. The summed E-state index contributed by atoms with van der Waals surface area (Å²) in [6.45, 7) is 2.64. The maximum atomic E-state index is 13.1. The normalized spacial score (nSPS) is 18.8. The Kier molecular flexibility index (Phi) is 6.47. The fourth-order valence-electron chi connectivity index (χ4n) is 3.01. The summed E-state index contributed by atoms with van der Waals surface area (Å²) in [7, 11) is 1.32. The van der Waals surface area contributed by atoms with Crippen molar-refractivity contribution in [1.82, 2.24) is 9.80 Å². The number of likely N-dealkylation sites (tertiary alicyclic amines) is 1. The molecule has 0 radical (unpaired) electrons. The van der Waals surface area contributed by atoms with Crippen LogP contribution in [0.15, 0.2) is 24.3 Å². The van der Waals surface area contributed by atoms with E-state index >= 15 is 0 Å². The molecule has 1 saturated heterocycles. The van der Waals surface area contributed by atoms with Gasteiger partial charge in [-0.15, -0.1) is 0 Å². The number of benzene rings is 1. The fraction of sp³-hybridized carbons (Fsp3) is 0.500. The van der Waals surface area contributed by atoms with Gasteiger partial charge in [0.15, 0.2) is 0 Å². The van der Waals surface area contributed by atoms with Crippen molar-refractivity contribution in [3.05, 3.63) is 34.9 Å². The van der Waals surface area contributed by atoms with Gasteiger partial charge in [0.1, 0.15) is 5.54 Å². The highest BCUT2D eigenvalue weighted by Crippen LogP contribution is 2.33. The lowest BCUT2D eigenvalue weighted by Gasteiger charge is -2.49. The topological polar surface area (TPSA) is 87.2 Å². The first kappa shape index (κ1) is 20.0. The average Bonchev–Trinajstić information content (AvgIpc) is 2.59. The van der Waals surface area contributed by atoms with Gasteiger partial charge in [-0.05, 0) is 37.5 Å². The fourth-order valence-corrected chi connectivity index (χ4v) is 3.13. The molecule has 142 valence electrons. The van der Waals surface area contributed by atoms with Crippen LogP contribution >= 0.6 is 11.6 Å². The van der Waals surface area contributed by atoms with Gasteiger partial charge in [-0.1, -0.05) is 23.7 Å². The van der Waals surface area contributed by atoms with Crippen LogP contribution in [0.3, 0.4) is 0 Å². The highest BCUT2D eigenvalue weighted by Gasteiger charge is 2.51. The largest absolute Gasteiger partial charge is 0.469 e. The zero-order valence-electron chi connectivity index (χ0n) is 14.9. The maximum Gasteiger partial charge on any atom is 0.408 e. The van der Waals surface area contributed by atoms with Gasteiger partial charge < -0.3 is 14.7 Å². The van der Waals surface area contributed by atoms with E-state index in [0.29, 0.717) is 37.5 Å². The molecule has 1 aliphatic rings. The molecule has 0 spiro atoms. The van der Waals surface area contributed by atoms with Crippen LogP contribution in [0.2, 0.25) is 5.02 Å². The summed E-state index contributed by atoms with van der Waals surface area (Å²) in [5, 5.41) is 9.88. The molecule has 1 atom stereocenters. The number of methoxy groups -OCH3 is 1. The van der Waals surface area contributed by atoms with Crippen molar-refractivity contribution in [2.75, 3.05) is 20.2 Å². The second-order valence-corrected chi connectivity index (χ2v) is 6.93. The van der Waals surface area contributed by atoms with E-state index in [1.165, 1.54) is 7.11 Å². The summed E-state index contributed by atoms with van der Waals surface area (Å²) in [4.78, 5) is 38.5. The summed E-state index contributed by atoms with van der Waals surface area (Å²) in [5.41, 5.74) is -0.186. The second-order valence-electron chi connectivity index (χ2n) is 6.49. The number of hydrogen-bond donors (Lipinski definition) is 1. The zero-order valence-corrected chi connectivity index (χ0v) is 15.7. The Hall–Kier alpha value is -2.28. The van der Waals surface area contributed by atoms with Gasteiger partial charge >= 0.3 is 12.1 Å². The molecule has 1 aromatic rings. The maximum absolute atomic E-state index is 13.1. The molecule has 0 aromatic heterocycles. The van der Waals surface area contributed by atoms with E-state index < -0.39 is 11.6 Å². The first-order chi connectivity index (χ1) is 12.3. The average molecular weight is 383 g/mol. The second kappa shape index (κ2) is 8.40. The summed E-state index contributed by atoms with van der Waals surface area (Å²) in [6, 6.07) is 7.12. The Balaban J connectivity index is 2.13. The van der Waals surface area contributed by atoms with Crippen molar-refractivity contribution >= 4 is 29.6 Å². The van der Waals surface area contributed by atoms with E-state index in [-0.39, 0.29) is 18.3 Å².